The molecular formula is C15H20N2O2. The average molecular weight is 260 g/mol. The van der Waals surface area contributed by atoms with E-state index in [1.165, 1.54) is 11.1 Å². The molecule has 1 unspecified atom stereocenters. The highest BCUT2D eigenvalue weighted by atomic mass is 16.5. The maximum atomic E-state index is 9.85. The van der Waals surface area contributed by atoms with Crippen LogP contribution in [-0.4, -0.2) is 36.4 Å². The van der Waals surface area contributed by atoms with E-state index in [0.717, 1.165) is 42.9 Å². The van der Waals surface area contributed by atoms with Crippen LogP contribution in [0.2, 0.25) is 0 Å². The largest absolute Gasteiger partial charge is 0.497 e. The van der Waals surface area contributed by atoms with Crippen LogP contribution in [-0.2, 0) is 0 Å². The third-order valence-corrected chi connectivity index (χ3v) is 3.87. The van der Waals surface area contributed by atoms with Gasteiger partial charge in [0.2, 0.25) is 0 Å². The van der Waals surface area contributed by atoms with Crippen molar-refractivity contribution < 1.29 is 9.84 Å². The first-order chi connectivity index (χ1) is 9.19. The van der Waals surface area contributed by atoms with Gasteiger partial charge in [0, 0.05) is 30.2 Å². The van der Waals surface area contributed by atoms with Gasteiger partial charge in [-0.15, -0.1) is 0 Å². The number of fused-ring (bicyclic) bond motifs is 1. The number of methoxy groups -OCH3 is 1. The van der Waals surface area contributed by atoms with Crippen molar-refractivity contribution in [1.29, 1.82) is 0 Å². The molecule has 2 aromatic rings. The Labute approximate surface area is 113 Å². The summed E-state index contributed by atoms with van der Waals surface area (Å²) < 4.78 is 5.26. The molecule has 0 bridgehead atoms. The van der Waals surface area contributed by atoms with Crippen LogP contribution >= 0.6 is 0 Å². The van der Waals surface area contributed by atoms with E-state index in [9.17, 15) is 5.11 Å². The van der Waals surface area contributed by atoms with Crippen molar-refractivity contribution >= 4 is 16.6 Å². The standard InChI is InChI=1S/C15H20N2O2/c1-10-15(17-7-3-4-11(18)9-17)13-6-5-12(19-2)8-14(13)16-10/h5-6,8,11,16,18H,3-4,7,9H2,1-2H3. The molecule has 1 saturated heterocycles. The van der Waals surface area contributed by atoms with Crippen molar-refractivity contribution in [3.8, 4) is 5.75 Å². The monoisotopic (exact) mass is 260 g/mol. The number of aliphatic hydroxyl groups is 1. The van der Waals surface area contributed by atoms with Gasteiger partial charge in [-0.2, -0.15) is 0 Å². The third kappa shape index (κ3) is 2.16. The minimum atomic E-state index is -0.212. The fourth-order valence-corrected chi connectivity index (χ4v) is 2.99. The van der Waals surface area contributed by atoms with Crippen molar-refractivity contribution in [2.24, 2.45) is 0 Å². The number of β-amino-alcohol motifs (C(OH)–C–C–N with tert-alkyl or cyclic N) is 1. The molecule has 1 aromatic carbocycles. The highest BCUT2D eigenvalue weighted by Gasteiger charge is 2.22. The molecule has 0 aliphatic carbocycles. The summed E-state index contributed by atoms with van der Waals surface area (Å²) >= 11 is 0. The minimum Gasteiger partial charge on any atom is -0.497 e. The Bertz CT molecular complexity index is 591. The van der Waals surface area contributed by atoms with E-state index in [1.807, 2.05) is 12.1 Å². The molecule has 1 aliphatic rings. The van der Waals surface area contributed by atoms with Gasteiger partial charge in [-0.1, -0.05) is 0 Å². The lowest BCUT2D eigenvalue weighted by Crippen LogP contribution is -2.38. The van der Waals surface area contributed by atoms with Crippen LogP contribution in [0.1, 0.15) is 18.5 Å². The third-order valence-electron chi connectivity index (χ3n) is 3.87. The van der Waals surface area contributed by atoms with E-state index in [2.05, 4.69) is 22.9 Å². The minimum absolute atomic E-state index is 0.212. The maximum absolute atomic E-state index is 9.85. The zero-order chi connectivity index (χ0) is 13.4. The molecule has 1 fully saturated rings. The highest BCUT2D eigenvalue weighted by Crippen LogP contribution is 2.34. The fraction of sp³-hybridized carbons (Fsp3) is 0.467. The van der Waals surface area contributed by atoms with E-state index in [4.69, 9.17) is 4.74 Å². The molecule has 19 heavy (non-hydrogen) atoms. The Morgan fingerprint density at radius 1 is 1.42 bits per heavy atom. The number of nitrogens with one attached hydrogen (secondary N) is 1. The van der Waals surface area contributed by atoms with Crippen molar-refractivity contribution in [2.45, 2.75) is 25.9 Å². The van der Waals surface area contributed by atoms with Gasteiger partial charge in [0.15, 0.2) is 0 Å². The van der Waals surface area contributed by atoms with Gasteiger partial charge >= 0.3 is 0 Å². The number of anilines is 1. The summed E-state index contributed by atoms with van der Waals surface area (Å²) in [5.41, 5.74) is 3.46. The molecule has 3 rings (SSSR count). The Morgan fingerprint density at radius 2 is 2.26 bits per heavy atom. The van der Waals surface area contributed by atoms with E-state index in [0.29, 0.717) is 0 Å². The molecule has 1 aliphatic heterocycles. The normalized spacial score (nSPS) is 19.9. The number of benzene rings is 1. The molecule has 0 amide bonds. The summed E-state index contributed by atoms with van der Waals surface area (Å²) in [6.07, 6.45) is 1.74. The first-order valence-electron chi connectivity index (χ1n) is 6.78. The van der Waals surface area contributed by atoms with E-state index in [1.54, 1.807) is 7.11 Å². The van der Waals surface area contributed by atoms with Gasteiger partial charge in [0.1, 0.15) is 5.75 Å². The zero-order valence-corrected chi connectivity index (χ0v) is 11.4. The number of aryl methyl sites for hydroxylation is 1. The molecule has 102 valence electrons. The number of aromatic nitrogens is 1. The number of rotatable bonds is 2. The second kappa shape index (κ2) is 4.78. The second-order valence-corrected chi connectivity index (χ2v) is 5.25. The summed E-state index contributed by atoms with van der Waals surface area (Å²) in [7, 11) is 1.68. The smallest absolute Gasteiger partial charge is 0.120 e. The number of aromatic amines is 1. The lowest BCUT2D eigenvalue weighted by atomic mass is 10.1. The van der Waals surface area contributed by atoms with Crippen LogP contribution in [0.15, 0.2) is 18.2 Å². The van der Waals surface area contributed by atoms with Crippen molar-refractivity contribution in [2.75, 3.05) is 25.1 Å². The highest BCUT2D eigenvalue weighted by molar-refractivity contribution is 5.95. The number of ether oxygens (including phenoxy) is 1. The Kier molecular flexibility index (Phi) is 3.11. The number of nitrogens with zero attached hydrogens (tertiary/aromatic N) is 1. The van der Waals surface area contributed by atoms with Crippen LogP contribution in [0.3, 0.4) is 0 Å². The van der Waals surface area contributed by atoms with Gasteiger partial charge in [-0.05, 0) is 31.9 Å². The number of hydrogen-bond donors (Lipinski definition) is 2. The van der Waals surface area contributed by atoms with Gasteiger partial charge in [-0.25, -0.2) is 0 Å². The Morgan fingerprint density at radius 3 is 3.00 bits per heavy atom. The summed E-state index contributed by atoms with van der Waals surface area (Å²) in [5, 5.41) is 11.1. The van der Waals surface area contributed by atoms with Crippen molar-refractivity contribution in [3.63, 3.8) is 0 Å². The zero-order valence-electron chi connectivity index (χ0n) is 11.4. The van der Waals surface area contributed by atoms with Crippen LogP contribution in [0.4, 0.5) is 5.69 Å². The summed E-state index contributed by atoms with van der Waals surface area (Å²) in [5.74, 6) is 0.860. The summed E-state index contributed by atoms with van der Waals surface area (Å²) in [6, 6.07) is 6.10. The number of piperidine rings is 1. The van der Waals surface area contributed by atoms with Gasteiger partial charge in [0.05, 0.1) is 24.4 Å². The molecular weight excluding hydrogens is 240 g/mol. The number of aliphatic hydroxyl groups excluding tert-OH is 1. The van der Waals surface area contributed by atoms with Gasteiger partial charge in [-0.3, -0.25) is 0 Å². The lowest BCUT2D eigenvalue weighted by molar-refractivity contribution is 0.154. The van der Waals surface area contributed by atoms with E-state index in [-0.39, 0.29) is 6.10 Å². The molecule has 2 N–H and O–H groups in total. The van der Waals surface area contributed by atoms with E-state index < -0.39 is 0 Å². The van der Waals surface area contributed by atoms with Crippen LogP contribution in [0.5, 0.6) is 5.75 Å². The first kappa shape index (κ1) is 12.4. The predicted octanol–water partition coefficient (Wildman–Crippen LogP) is 2.45. The second-order valence-electron chi connectivity index (χ2n) is 5.25. The topological polar surface area (TPSA) is 48.5 Å². The Balaban J connectivity index is 2.05. The summed E-state index contributed by atoms with van der Waals surface area (Å²) in [4.78, 5) is 5.70. The van der Waals surface area contributed by atoms with Crippen molar-refractivity contribution in [3.05, 3.63) is 23.9 Å². The van der Waals surface area contributed by atoms with Gasteiger partial charge < -0.3 is 19.7 Å². The first-order valence-corrected chi connectivity index (χ1v) is 6.78. The quantitative estimate of drug-likeness (QED) is 0.872. The van der Waals surface area contributed by atoms with Crippen LogP contribution < -0.4 is 9.64 Å². The molecule has 1 atom stereocenters. The molecule has 1 aromatic heterocycles. The SMILES string of the molecule is COc1ccc2c(N3CCCC(O)C3)c(C)[nH]c2c1. The predicted molar refractivity (Wildman–Crippen MR) is 77.0 cm³/mol. The number of hydrogen-bond acceptors (Lipinski definition) is 3. The van der Waals surface area contributed by atoms with Crippen molar-refractivity contribution in [1.82, 2.24) is 4.98 Å². The molecule has 0 spiro atoms. The molecule has 0 saturated carbocycles. The molecule has 0 radical (unpaired) electrons. The summed E-state index contributed by atoms with van der Waals surface area (Å²) in [6.45, 7) is 3.82. The molecule has 4 nitrogen and oxygen atoms in total. The maximum Gasteiger partial charge on any atom is 0.120 e. The van der Waals surface area contributed by atoms with Gasteiger partial charge in [0.25, 0.3) is 0 Å². The fourth-order valence-electron chi connectivity index (χ4n) is 2.99. The lowest BCUT2D eigenvalue weighted by Gasteiger charge is -2.32. The number of H-pyrrole nitrogens is 1. The van der Waals surface area contributed by atoms with Crippen LogP contribution in [0, 0.1) is 6.92 Å². The van der Waals surface area contributed by atoms with E-state index >= 15 is 0 Å². The molecule has 2 heterocycles. The van der Waals surface area contributed by atoms with Crippen LogP contribution in [0.25, 0.3) is 10.9 Å². The average Bonchev–Trinajstić information content (AvgIpc) is 2.73. The Hall–Kier alpha value is -1.68. The molecule has 4 heteroatoms.